The van der Waals surface area contributed by atoms with Gasteiger partial charge in [-0.15, -0.1) is 0 Å². The van der Waals surface area contributed by atoms with Crippen molar-refractivity contribution >= 4 is 11.7 Å². The van der Waals surface area contributed by atoms with Gasteiger partial charge in [-0.1, -0.05) is 12.8 Å². The molecule has 4 atom stereocenters. The van der Waals surface area contributed by atoms with Crippen LogP contribution in [0.1, 0.15) is 57.8 Å². The molecule has 4 aliphatic rings. The molecule has 0 aromatic carbocycles. The first-order chi connectivity index (χ1) is 12.0. The number of carbonyl (C=O) groups excluding carboxylic acids is 1. The Kier molecular flexibility index (Phi) is 3.11. The van der Waals surface area contributed by atoms with Gasteiger partial charge in [0.15, 0.2) is 5.41 Å². The number of hydrogen-bond acceptors (Lipinski definition) is 6. The second-order valence-corrected chi connectivity index (χ2v) is 8.02. The highest BCUT2D eigenvalue weighted by Crippen LogP contribution is 2.75. The van der Waals surface area contributed by atoms with Gasteiger partial charge in [-0.25, -0.2) is 0 Å². The molecule has 0 aromatic rings. The van der Waals surface area contributed by atoms with Crippen LogP contribution in [0.4, 0.5) is 0 Å². The molecule has 128 valence electrons. The minimum atomic E-state index is -1.79. The van der Waals surface area contributed by atoms with Gasteiger partial charge in [-0.05, 0) is 38.5 Å². The first kappa shape index (κ1) is 16.1. The zero-order valence-corrected chi connectivity index (χ0v) is 14.1. The largest absolute Gasteiger partial charge is 0.470 e. The summed E-state index contributed by atoms with van der Waals surface area (Å²) in [5.41, 5.74) is -5.83. The molecule has 2 spiro atoms. The minimum absolute atomic E-state index is 0.0652. The molecule has 2 bridgehead atoms. The third-order valence-electron chi connectivity index (χ3n) is 7.44. The number of ether oxygens (including phenoxy) is 1. The summed E-state index contributed by atoms with van der Waals surface area (Å²) in [4.78, 5) is 13.1. The van der Waals surface area contributed by atoms with Crippen LogP contribution < -0.4 is 0 Å². The normalized spacial score (nSPS) is 44.1. The van der Waals surface area contributed by atoms with Gasteiger partial charge < -0.3 is 4.74 Å². The average Bonchev–Trinajstić information content (AvgIpc) is 2.78. The van der Waals surface area contributed by atoms with E-state index in [1.165, 1.54) is 0 Å². The molecule has 3 saturated carbocycles. The van der Waals surface area contributed by atoms with E-state index < -0.39 is 21.8 Å². The first-order valence-electron chi connectivity index (χ1n) is 9.05. The lowest BCUT2D eigenvalue weighted by molar-refractivity contribution is -0.163. The first-order valence-corrected chi connectivity index (χ1v) is 9.05. The maximum Gasteiger partial charge on any atom is 0.211 e. The topological polar surface area (TPSA) is 122 Å². The number of nitrogens with zero attached hydrogens (tertiary/aromatic N) is 3. The van der Waals surface area contributed by atoms with Crippen molar-refractivity contribution in [2.24, 2.45) is 22.2 Å². The molecular weight excluding hydrogens is 316 g/mol. The minimum Gasteiger partial charge on any atom is -0.470 e. The summed E-state index contributed by atoms with van der Waals surface area (Å²) in [6.07, 6.45) is 5.84. The Morgan fingerprint density at radius 3 is 2.40 bits per heavy atom. The second kappa shape index (κ2) is 4.83. The molecule has 6 nitrogen and oxygen atoms in total. The van der Waals surface area contributed by atoms with Gasteiger partial charge in [0, 0.05) is 12.3 Å². The Morgan fingerprint density at radius 2 is 1.76 bits per heavy atom. The average molecular weight is 336 g/mol. The van der Waals surface area contributed by atoms with E-state index in [0.29, 0.717) is 25.7 Å². The summed E-state index contributed by atoms with van der Waals surface area (Å²) >= 11 is 0. The number of hydrogen-bond donors (Lipinski definition) is 1. The van der Waals surface area contributed by atoms with Gasteiger partial charge in [0.05, 0.1) is 23.6 Å². The lowest BCUT2D eigenvalue weighted by Gasteiger charge is -2.58. The van der Waals surface area contributed by atoms with Crippen LogP contribution in [-0.4, -0.2) is 17.3 Å². The Bertz CT molecular complexity index is 786. The number of fused-ring (bicyclic) bond motifs is 2. The van der Waals surface area contributed by atoms with Crippen LogP contribution in [0, 0.1) is 61.6 Å². The molecule has 1 heterocycles. The van der Waals surface area contributed by atoms with E-state index in [1.807, 2.05) is 0 Å². The monoisotopic (exact) mass is 336 g/mol. The van der Waals surface area contributed by atoms with Gasteiger partial charge in [0.2, 0.25) is 11.3 Å². The van der Waals surface area contributed by atoms with Crippen molar-refractivity contribution in [1.29, 1.82) is 21.2 Å². The summed E-state index contributed by atoms with van der Waals surface area (Å²) in [6, 6.07) is 6.42. The summed E-state index contributed by atoms with van der Waals surface area (Å²) in [6.45, 7) is 0. The van der Waals surface area contributed by atoms with Crippen LogP contribution >= 0.6 is 0 Å². The molecule has 25 heavy (non-hydrogen) atoms. The van der Waals surface area contributed by atoms with Gasteiger partial charge in [-0.3, -0.25) is 10.2 Å². The molecule has 0 aromatic heterocycles. The molecule has 1 saturated heterocycles. The van der Waals surface area contributed by atoms with Crippen LogP contribution in [-0.2, 0) is 9.53 Å². The molecule has 0 amide bonds. The van der Waals surface area contributed by atoms with Crippen molar-refractivity contribution in [3.05, 3.63) is 0 Å². The Hall–Kier alpha value is -2.39. The van der Waals surface area contributed by atoms with Crippen molar-refractivity contribution in [2.45, 2.75) is 63.4 Å². The number of ketones is 1. The van der Waals surface area contributed by atoms with Crippen molar-refractivity contribution in [1.82, 2.24) is 0 Å². The number of rotatable bonds is 0. The van der Waals surface area contributed by atoms with Crippen LogP contribution in [0.25, 0.3) is 0 Å². The molecule has 1 aliphatic heterocycles. The van der Waals surface area contributed by atoms with Gasteiger partial charge >= 0.3 is 0 Å². The van der Waals surface area contributed by atoms with Crippen LogP contribution in [0.15, 0.2) is 0 Å². The molecule has 3 aliphatic carbocycles. The summed E-state index contributed by atoms with van der Waals surface area (Å²) in [5, 5.41) is 39.1. The van der Waals surface area contributed by atoms with Crippen molar-refractivity contribution in [3.8, 4) is 18.2 Å². The van der Waals surface area contributed by atoms with E-state index in [9.17, 15) is 20.6 Å². The maximum atomic E-state index is 13.1. The van der Waals surface area contributed by atoms with Crippen LogP contribution in [0.2, 0.25) is 0 Å². The number of Topliss-reactive ketones (excluding diaryl/α,β-unsaturated/α-hetero) is 1. The Labute approximate surface area is 146 Å². The van der Waals surface area contributed by atoms with Crippen LogP contribution in [0.3, 0.4) is 0 Å². The smallest absolute Gasteiger partial charge is 0.211 e. The number of carbonyl (C=O) groups is 1. The van der Waals surface area contributed by atoms with E-state index in [4.69, 9.17) is 10.1 Å². The third kappa shape index (κ3) is 1.38. The Morgan fingerprint density at radius 1 is 1.04 bits per heavy atom. The summed E-state index contributed by atoms with van der Waals surface area (Å²) in [7, 11) is 0. The molecule has 4 rings (SSSR count). The fourth-order valence-electron chi connectivity index (χ4n) is 6.41. The van der Waals surface area contributed by atoms with Crippen molar-refractivity contribution < 1.29 is 9.53 Å². The van der Waals surface area contributed by atoms with Gasteiger partial charge in [0.25, 0.3) is 0 Å². The fraction of sp³-hybridized carbons (Fsp3) is 0.737. The predicted octanol–water partition coefficient (Wildman–Crippen LogP) is 3.00. The third-order valence-corrected chi connectivity index (χ3v) is 7.44. The standard InChI is InChI=1S/C19H20N4O2/c20-10-17(11-21)18(12-22)15(23)25-19(17)8-4-1-5-13(19)9-16(18)7-3-2-6-14(16)24/h13,23H,1-9H2/t13-,16+,18-,19+/m0/s1. The zero-order valence-electron chi connectivity index (χ0n) is 14.1. The maximum absolute atomic E-state index is 13.1. The van der Waals surface area contributed by atoms with Crippen molar-refractivity contribution in [2.75, 3.05) is 0 Å². The number of nitriles is 3. The van der Waals surface area contributed by atoms with E-state index in [0.717, 1.165) is 32.1 Å². The molecule has 1 N–H and O–H groups in total. The summed E-state index contributed by atoms with van der Waals surface area (Å²) in [5.74, 6) is -0.519. The lowest BCUT2D eigenvalue weighted by Crippen LogP contribution is -2.68. The second-order valence-electron chi connectivity index (χ2n) is 8.02. The van der Waals surface area contributed by atoms with E-state index >= 15 is 0 Å². The molecule has 0 radical (unpaired) electrons. The van der Waals surface area contributed by atoms with E-state index in [-0.39, 0.29) is 17.6 Å². The fourth-order valence-corrected chi connectivity index (χ4v) is 6.41. The predicted molar refractivity (Wildman–Crippen MR) is 85.7 cm³/mol. The molecule has 6 heteroatoms. The highest BCUT2D eigenvalue weighted by atomic mass is 16.5. The molecule has 0 unspecified atom stereocenters. The van der Waals surface area contributed by atoms with Crippen molar-refractivity contribution in [3.63, 3.8) is 0 Å². The van der Waals surface area contributed by atoms with Crippen LogP contribution in [0.5, 0.6) is 0 Å². The van der Waals surface area contributed by atoms with E-state index in [1.54, 1.807) is 0 Å². The number of nitrogens with one attached hydrogen (secondary N) is 1. The molecular formula is C19H20N4O2. The highest BCUT2D eigenvalue weighted by Gasteiger charge is 2.87. The Balaban J connectivity index is 2.08. The zero-order chi connectivity index (χ0) is 17.9. The summed E-state index contributed by atoms with van der Waals surface area (Å²) < 4.78 is 6.01. The quantitative estimate of drug-likeness (QED) is 0.728. The SMILES string of the molecule is N#CC1(C#N)[C@@]23CCCC[C@H]2C[C@@]2(CCCCC2=O)[C@]1(C#N)C(=N)O3. The molecule has 4 fully saturated rings. The van der Waals surface area contributed by atoms with Gasteiger partial charge in [0.1, 0.15) is 11.4 Å². The van der Waals surface area contributed by atoms with E-state index in [2.05, 4.69) is 18.2 Å². The highest BCUT2D eigenvalue weighted by molar-refractivity contribution is 6.00. The van der Waals surface area contributed by atoms with Gasteiger partial charge in [-0.2, -0.15) is 15.8 Å². The lowest BCUT2D eigenvalue weighted by atomic mass is 9.37.